The Kier molecular flexibility index (Phi) is 2.06. The first kappa shape index (κ1) is 8.72. The van der Waals surface area contributed by atoms with E-state index in [2.05, 4.69) is 48.6 Å². The van der Waals surface area contributed by atoms with Gasteiger partial charge in [0.15, 0.2) is 0 Å². The highest BCUT2D eigenvalue weighted by atomic mass is 14.2. The molecule has 15 heavy (non-hydrogen) atoms. The smallest absolute Gasteiger partial charge is 0.0149 e. The van der Waals surface area contributed by atoms with Gasteiger partial charge in [-0.15, -0.1) is 0 Å². The molecule has 2 aliphatic rings. The average molecular weight is 194 g/mol. The summed E-state index contributed by atoms with van der Waals surface area (Å²) in [6.45, 7) is 0. The SMILES string of the molecule is C1=CC2=C(C=CC1)c1ccccc1CC2. The molecule has 1 aromatic carbocycles. The van der Waals surface area contributed by atoms with Gasteiger partial charge in [0.1, 0.15) is 0 Å². The van der Waals surface area contributed by atoms with Gasteiger partial charge in [0.25, 0.3) is 0 Å². The summed E-state index contributed by atoms with van der Waals surface area (Å²) in [5.74, 6) is 0. The molecular formula is C15H14. The zero-order chi connectivity index (χ0) is 10.1. The van der Waals surface area contributed by atoms with Crippen LogP contribution in [0.3, 0.4) is 0 Å². The van der Waals surface area contributed by atoms with Crippen LogP contribution in [0.1, 0.15) is 24.0 Å². The van der Waals surface area contributed by atoms with E-state index in [4.69, 9.17) is 0 Å². The summed E-state index contributed by atoms with van der Waals surface area (Å²) in [4.78, 5) is 0. The molecule has 74 valence electrons. The largest absolute Gasteiger partial charge is 0.0804 e. The Balaban J connectivity index is 2.21. The van der Waals surface area contributed by atoms with Crippen LogP contribution in [-0.4, -0.2) is 0 Å². The van der Waals surface area contributed by atoms with Crippen LogP contribution in [0.4, 0.5) is 0 Å². The molecule has 0 unspecified atom stereocenters. The minimum atomic E-state index is 1.06. The molecule has 0 aromatic heterocycles. The van der Waals surface area contributed by atoms with Crippen molar-refractivity contribution in [1.82, 2.24) is 0 Å². The molecule has 0 N–H and O–H groups in total. The first-order valence-electron chi connectivity index (χ1n) is 5.59. The molecule has 1 aromatic rings. The molecule has 3 rings (SSSR count). The summed E-state index contributed by atoms with van der Waals surface area (Å²) < 4.78 is 0. The van der Waals surface area contributed by atoms with Gasteiger partial charge in [-0.05, 0) is 41.5 Å². The Morgan fingerprint density at radius 1 is 0.867 bits per heavy atom. The molecule has 2 aliphatic carbocycles. The van der Waals surface area contributed by atoms with Gasteiger partial charge in [-0.3, -0.25) is 0 Å². The van der Waals surface area contributed by atoms with Gasteiger partial charge in [-0.2, -0.15) is 0 Å². The average Bonchev–Trinajstić information content (AvgIpc) is 2.54. The van der Waals surface area contributed by atoms with Crippen LogP contribution in [0, 0.1) is 0 Å². The Morgan fingerprint density at radius 2 is 1.73 bits per heavy atom. The lowest BCUT2D eigenvalue weighted by Gasteiger charge is -2.19. The lowest BCUT2D eigenvalue weighted by molar-refractivity contribution is 0.943. The fraction of sp³-hybridized carbons (Fsp3) is 0.200. The minimum Gasteiger partial charge on any atom is -0.0804 e. The number of rotatable bonds is 0. The highest BCUT2D eigenvalue weighted by Crippen LogP contribution is 2.33. The molecule has 0 radical (unpaired) electrons. The van der Waals surface area contributed by atoms with Crippen molar-refractivity contribution in [3.05, 3.63) is 65.3 Å². The van der Waals surface area contributed by atoms with E-state index in [0.29, 0.717) is 0 Å². The van der Waals surface area contributed by atoms with Crippen LogP contribution >= 0.6 is 0 Å². The Bertz CT molecular complexity index is 473. The lowest BCUT2D eigenvalue weighted by atomic mass is 9.86. The molecule has 0 saturated heterocycles. The first-order valence-corrected chi connectivity index (χ1v) is 5.59. The van der Waals surface area contributed by atoms with Gasteiger partial charge in [-0.25, -0.2) is 0 Å². The molecule has 0 heterocycles. The molecule has 0 bridgehead atoms. The van der Waals surface area contributed by atoms with Crippen molar-refractivity contribution in [1.29, 1.82) is 0 Å². The Labute approximate surface area is 90.6 Å². The van der Waals surface area contributed by atoms with Gasteiger partial charge in [0.2, 0.25) is 0 Å². The van der Waals surface area contributed by atoms with Crippen molar-refractivity contribution >= 4 is 5.57 Å². The number of hydrogen-bond donors (Lipinski definition) is 0. The first-order chi connectivity index (χ1) is 7.45. The second-order valence-corrected chi connectivity index (χ2v) is 4.14. The van der Waals surface area contributed by atoms with Gasteiger partial charge in [0.05, 0.1) is 0 Å². The van der Waals surface area contributed by atoms with Gasteiger partial charge in [-0.1, -0.05) is 48.6 Å². The quantitative estimate of drug-likeness (QED) is 0.587. The van der Waals surface area contributed by atoms with E-state index < -0.39 is 0 Å². The minimum absolute atomic E-state index is 1.06. The summed E-state index contributed by atoms with van der Waals surface area (Å²) in [6.07, 6.45) is 12.5. The van der Waals surface area contributed by atoms with E-state index in [-0.39, 0.29) is 0 Å². The van der Waals surface area contributed by atoms with E-state index in [0.717, 1.165) is 6.42 Å². The van der Waals surface area contributed by atoms with Crippen LogP contribution in [0.15, 0.2) is 54.1 Å². The molecule has 0 nitrogen and oxygen atoms in total. The van der Waals surface area contributed by atoms with E-state index in [9.17, 15) is 0 Å². The third-order valence-electron chi connectivity index (χ3n) is 3.19. The van der Waals surface area contributed by atoms with Gasteiger partial charge in [0, 0.05) is 0 Å². The molecular weight excluding hydrogens is 180 g/mol. The summed E-state index contributed by atoms with van der Waals surface area (Å²) in [7, 11) is 0. The van der Waals surface area contributed by atoms with E-state index in [1.54, 1.807) is 0 Å². The molecule has 0 amide bonds. The fourth-order valence-electron chi connectivity index (χ4n) is 2.42. The topological polar surface area (TPSA) is 0 Å². The maximum Gasteiger partial charge on any atom is -0.0149 e. The zero-order valence-electron chi connectivity index (χ0n) is 8.74. The predicted octanol–water partition coefficient (Wildman–Crippen LogP) is 3.90. The van der Waals surface area contributed by atoms with Crippen LogP contribution < -0.4 is 0 Å². The van der Waals surface area contributed by atoms with Crippen molar-refractivity contribution in [2.45, 2.75) is 19.3 Å². The van der Waals surface area contributed by atoms with E-state index in [1.165, 1.54) is 35.1 Å². The summed E-state index contributed by atoms with van der Waals surface area (Å²) in [6, 6.07) is 8.77. The van der Waals surface area contributed by atoms with Crippen molar-refractivity contribution in [3.63, 3.8) is 0 Å². The van der Waals surface area contributed by atoms with Crippen molar-refractivity contribution < 1.29 is 0 Å². The molecule has 0 spiro atoms. The third-order valence-corrected chi connectivity index (χ3v) is 3.19. The van der Waals surface area contributed by atoms with Crippen LogP contribution in [0.2, 0.25) is 0 Å². The number of fused-ring (bicyclic) bond motifs is 2. The molecule has 0 heteroatoms. The maximum atomic E-state index is 2.30. The zero-order valence-corrected chi connectivity index (χ0v) is 8.74. The third kappa shape index (κ3) is 1.46. The summed E-state index contributed by atoms with van der Waals surface area (Å²) in [5, 5.41) is 0. The van der Waals surface area contributed by atoms with Gasteiger partial charge < -0.3 is 0 Å². The van der Waals surface area contributed by atoms with E-state index in [1.807, 2.05) is 0 Å². The standard InChI is InChI=1S/C15H14/c1-2-6-12-10-11-13-7-4-5-9-15(13)14(12)8-3-1/h2-9H,1,10-11H2. The predicted molar refractivity (Wildman–Crippen MR) is 64.6 cm³/mol. The number of allylic oxidation sites excluding steroid dienone is 6. The highest BCUT2D eigenvalue weighted by Gasteiger charge is 2.15. The van der Waals surface area contributed by atoms with Gasteiger partial charge >= 0.3 is 0 Å². The Hall–Kier alpha value is -1.56. The maximum absolute atomic E-state index is 2.30. The van der Waals surface area contributed by atoms with Crippen molar-refractivity contribution in [2.24, 2.45) is 0 Å². The summed E-state index contributed by atoms with van der Waals surface area (Å²) in [5.41, 5.74) is 5.87. The monoisotopic (exact) mass is 194 g/mol. The second-order valence-electron chi connectivity index (χ2n) is 4.14. The summed E-state index contributed by atoms with van der Waals surface area (Å²) >= 11 is 0. The molecule has 0 aliphatic heterocycles. The number of benzene rings is 1. The highest BCUT2D eigenvalue weighted by molar-refractivity contribution is 5.82. The number of hydrogen-bond acceptors (Lipinski definition) is 0. The molecule has 0 fully saturated rings. The number of aryl methyl sites for hydroxylation is 1. The Morgan fingerprint density at radius 3 is 2.73 bits per heavy atom. The molecule has 0 atom stereocenters. The van der Waals surface area contributed by atoms with Crippen LogP contribution in [0.25, 0.3) is 5.57 Å². The van der Waals surface area contributed by atoms with Crippen molar-refractivity contribution in [2.75, 3.05) is 0 Å². The van der Waals surface area contributed by atoms with Crippen LogP contribution in [-0.2, 0) is 6.42 Å². The lowest BCUT2D eigenvalue weighted by Crippen LogP contribution is -2.02. The fourth-order valence-corrected chi connectivity index (χ4v) is 2.42. The molecule has 0 saturated carbocycles. The normalized spacial score (nSPS) is 18.4. The van der Waals surface area contributed by atoms with Crippen molar-refractivity contribution in [3.8, 4) is 0 Å². The van der Waals surface area contributed by atoms with E-state index >= 15 is 0 Å². The second kappa shape index (κ2) is 3.54. The van der Waals surface area contributed by atoms with Crippen LogP contribution in [0.5, 0.6) is 0 Å².